The summed E-state index contributed by atoms with van der Waals surface area (Å²) in [5.74, 6) is -1.15. The number of carbonyl (C=O) groups is 1. The predicted molar refractivity (Wildman–Crippen MR) is 50.9 cm³/mol. The van der Waals surface area contributed by atoms with E-state index >= 15 is 0 Å². The first-order valence-electron chi connectivity index (χ1n) is 4.18. The van der Waals surface area contributed by atoms with E-state index < -0.39 is 18.7 Å². The molecule has 1 rings (SSSR count). The van der Waals surface area contributed by atoms with Crippen LogP contribution in [0.25, 0.3) is 0 Å². The molecule has 16 heavy (non-hydrogen) atoms. The van der Waals surface area contributed by atoms with Gasteiger partial charge in [0.1, 0.15) is 5.75 Å². The second-order valence-electron chi connectivity index (χ2n) is 3.02. The van der Waals surface area contributed by atoms with Gasteiger partial charge in [-0.2, -0.15) is 13.2 Å². The molecular weight excluding hydrogens is 225 g/mol. The number of ether oxygens (including phenoxy) is 1. The lowest BCUT2D eigenvalue weighted by Crippen LogP contribution is -2.21. The van der Waals surface area contributed by atoms with Crippen molar-refractivity contribution in [2.45, 2.75) is 6.18 Å². The van der Waals surface area contributed by atoms with Crippen molar-refractivity contribution in [1.29, 1.82) is 0 Å². The van der Waals surface area contributed by atoms with Gasteiger partial charge in [-0.05, 0) is 12.1 Å². The summed E-state index contributed by atoms with van der Waals surface area (Å²) in [6.45, 7) is -1.50. The van der Waals surface area contributed by atoms with Gasteiger partial charge in [0.2, 0.25) is 0 Å². The van der Waals surface area contributed by atoms with Gasteiger partial charge in [-0.15, -0.1) is 0 Å². The van der Waals surface area contributed by atoms with E-state index in [0.717, 1.165) is 6.07 Å². The minimum absolute atomic E-state index is 0.140. The molecule has 0 saturated carbocycles. The van der Waals surface area contributed by atoms with E-state index in [1.807, 2.05) is 0 Å². The van der Waals surface area contributed by atoms with Crippen molar-refractivity contribution in [2.75, 3.05) is 12.3 Å². The van der Waals surface area contributed by atoms with Crippen LogP contribution in [0.5, 0.6) is 5.75 Å². The summed E-state index contributed by atoms with van der Waals surface area (Å²) in [7, 11) is 0. The third-order valence-corrected chi connectivity index (χ3v) is 1.66. The summed E-state index contributed by atoms with van der Waals surface area (Å²) in [4.78, 5) is 10.9. The van der Waals surface area contributed by atoms with E-state index in [0.29, 0.717) is 0 Å². The van der Waals surface area contributed by atoms with Crippen LogP contribution in [0.15, 0.2) is 18.2 Å². The Morgan fingerprint density at radius 2 is 2.00 bits per heavy atom. The van der Waals surface area contributed by atoms with Gasteiger partial charge in [-0.25, -0.2) is 0 Å². The Labute approximate surface area is 89.0 Å². The smallest absolute Gasteiger partial charge is 0.422 e. The highest BCUT2D eigenvalue weighted by Crippen LogP contribution is 2.24. The summed E-state index contributed by atoms with van der Waals surface area (Å²) >= 11 is 0. The van der Waals surface area contributed by atoms with Crippen LogP contribution in [0.2, 0.25) is 0 Å². The molecule has 1 aromatic carbocycles. The van der Waals surface area contributed by atoms with Gasteiger partial charge in [0, 0.05) is 11.8 Å². The van der Waals surface area contributed by atoms with E-state index in [4.69, 9.17) is 11.5 Å². The molecule has 7 heteroatoms. The van der Waals surface area contributed by atoms with Crippen molar-refractivity contribution in [2.24, 2.45) is 5.73 Å². The lowest BCUT2D eigenvalue weighted by Gasteiger charge is -2.12. The van der Waals surface area contributed by atoms with E-state index in [-0.39, 0.29) is 17.0 Å². The van der Waals surface area contributed by atoms with E-state index in [1.54, 1.807) is 0 Å². The standard InChI is InChI=1S/C9H9F3N2O2/c10-9(11,12)4-16-7-3-5(13)1-2-6(7)8(14)15/h1-3H,4,13H2,(H2,14,15). The number of alkyl halides is 3. The molecule has 0 spiro atoms. The normalized spacial score (nSPS) is 11.2. The van der Waals surface area contributed by atoms with Gasteiger partial charge in [0.25, 0.3) is 5.91 Å². The summed E-state index contributed by atoms with van der Waals surface area (Å²) in [5.41, 5.74) is 10.4. The van der Waals surface area contributed by atoms with Crippen LogP contribution in [0.1, 0.15) is 10.4 Å². The number of hydrogen-bond donors (Lipinski definition) is 2. The molecule has 0 aliphatic rings. The van der Waals surface area contributed by atoms with E-state index in [2.05, 4.69) is 4.74 Å². The van der Waals surface area contributed by atoms with Crippen molar-refractivity contribution >= 4 is 11.6 Å². The summed E-state index contributed by atoms with van der Waals surface area (Å²) in [6, 6.07) is 3.68. The molecule has 1 aromatic rings. The fourth-order valence-electron chi connectivity index (χ4n) is 1.02. The average molecular weight is 234 g/mol. The molecule has 88 valence electrons. The van der Waals surface area contributed by atoms with Crippen LogP contribution in [0.3, 0.4) is 0 Å². The van der Waals surface area contributed by atoms with Crippen LogP contribution >= 0.6 is 0 Å². The molecule has 0 saturated heterocycles. The molecule has 0 aromatic heterocycles. The van der Waals surface area contributed by atoms with Gasteiger partial charge in [-0.3, -0.25) is 4.79 Å². The molecule has 0 bridgehead atoms. The zero-order chi connectivity index (χ0) is 12.3. The Morgan fingerprint density at radius 3 is 2.50 bits per heavy atom. The van der Waals surface area contributed by atoms with Crippen LogP contribution in [0.4, 0.5) is 18.9 Å². The first-order chi connectivity index (χ1) is 7.29. The number of halogens is 3. The predicted octanol–water partition coefficient (Wildman–Crippen LogP) is 1.31. The van der Waals surface area contributed by atoms with Gasteiger partial charge in [0.15, 0.2) is 6.61 Å². The number of rotatable bonds is 3. The van der Waals surface area contributed by atoms with Gasteiger partial charge < -0.3 is 16.2 Å². The molecule has 0 atom stereocenters. The highest BCUT2D eigenvalue weighted by molar-refractivity contribution is 5.96. The van der Waals surface area contributed by atoms with Gasteiger partial charge >= 0.3 is 6.18 Å². The number of nitrogens with two attached hydrogens (primary N) is 2. The molecule has 0 aliphatic heterocycles. The lowest BCUT2D eigenvalue weighted by atomic mass is 10.2. The van der Waals surface area contributed by atoms with Crippen molar-refractivity contribution < 1.29 is 22.7 Å². The average Bonchev–Trinajstić information content (AvgIpc) is 2.13. The van der Waals surface area contributed by atoms with Crippen LogP contribution < -0.4 is 16.2 Å². The second-order valence-corrected chi connectivity index (χ2v) is 3.02. The monoisotopic (exact) mass is 234 g/mol. The van der Waals surface area contributed by atoms with Crippen molar-refractivity contribution in [3.05, 3.63) is 23.8 Å². The van der Waals surface area contributed by atoms with Crippen LogP contribution in [-0.4, -0.2) is 18.7 Å². The molecule has 0 aliphatic carbocycles. The first kappa shape index (κ1) is 12.2. The first-order valence-corrected chi connectivity index (χ1v) is 4.18. The quantitative estimate of drug-likeness (QED) is 0.774. The van der Waals surface area contributed by atoms with Crippen molar-refractivity contribution in [1.82, 2.24) is 0 Å². The van der Waals surface area contributed by atoms with Gasteiger partial charge in [-0.1, -0.05) is 0 Å². The summed E-state index contributed by atoms with van der Waals surface area (Å²) < 4.78 is 40.1. The lowest BCUT2D eigenvalue weighted by molar-refractivity contribution is -0.153. The number of benzene rings is 1. The molecule has 4 nitrogen and oxygen atoms in total. The minimum atomic E-state index is -4.49. The fraction of sp³-hybridized carbons (Fsp3) is 0.222. The molecule has 0 heterocycles. The summed E-state index contributed by atoms with van der Waals surface area (Å²) in [5, 5.41) is 0. The maximum atomic E-state index is 11.9. The zero-order valence-electron chi connectivity index (χ0n) is 8.04. The molecule has 0 radical (unpaired) electrons. The summed E-state index contributed by atoms with van der Waals surface area (Å²) in [6.07, 6.45) is -4.49. The molecular formula is C9H9F3N2O2. The number of primary amides is 1. The molecule has 4 N–H and O–H groups in total. The maximum absolute atomic E-state index is 11.9. The van der Waals surface area contributed by atoms with Crippen LogP contribution in [-0.2, 0) is 0 Å². The number of carbonyl (C=O) groups excluding carboxylic acids is 1. The number of amides is 1. The Balaban J connectivity index is 2.93. The fourth-order valence-corrected chi connectivity index (χ4v) is 1.02. The SMILES string of the molecule is NC(=O)c1ccc(N)cc1OCC(F)(F)F. The third kappa shape index (κ3) is 3.34. The largest absolute Gasteiger partial charge is 0.483 e. The van der Waals surface area contributed by atoms with E-state index in [1.165, 1.54) is 12.1 Å². The third-order valence-electron chi connectivity index (χ3n) is 1.66. The van der Waals surface area contributed by atoms with Gasteiger partial charge in [0.05, 0.1) is 5.56 Å². The van der Waals surface area contributed by atoms with Crippen molar-refractivity contribution in [3.63, 3.8) is 0 Å². The van der Waals surface area contributed by atoms with Crippen molar-refractivity contribution in [3.8, 4) is 5.75 Å². The maximum Gasteiger partial charge on any atom is 0.422 e. The van der Waals surface area contributed by atoms with E-state index in [9.17, 15) is 18.0 Å². The number of anilines is 1. The Morgan fingerprint density at radius 1 is 1.38 bits per heavy atom. The minimum Gasteiger partial charge on any atom is -0.483 e. The van der Waals surface area contributed by atoms with Crippen LogP contribution in [0, 0.1) is 0 Å². The topological polar surface area (TPSA) is 78.3 Å². The molecule has 0 fully saturated rings. The number of hydrogen-bond acceptors (Lipinski definition) is 3. The highest BCUT2D eigenvalue weighted by atomic mass is 19.4. The second kappa shape index (κ2) is 4.30. The zero-order valence-corrected chi connectivity index (χ0v) is 8.04. The Bertz CT molecular complexity index is 404. The Hall–Kier alpha value is -1.92. The Kier molecular flexibility index (Phi) is 3.26. The number of nitrogen functional groups attached to an aromatic ring is 1. The molecule has 1 amide bonds. The highest BCUT2D eigenvalue weighted by Gasteiger charge is 2.29. The molecule has 0 unspecified atom stereocenters.